The van der Waals surface area contributed by atoms with Crippen molar-refractivity contribution in [2.24, 2.45) is 5.73 Å². The van der Waals surface area contributed by atoms with E-state index in [0.29, 0.717) is 0 Å². The highest BCUT2D eigenvalue weighted by molar-refractivity contribution is 4.96. The van der Waals surface area contributed by atoms with Crippen LogP contribution in [0.2, 0.25) is 0 Å². The highest BCUT2D eigenvalue weighted by Crippen LogP contribution is 2.27. The van der Waals surface area contributed by atoms with E-state index >= 15 is 0 Å². The van der Waals surface area contributed by atoms with E-state index < -0.39 is 43.4 Å². The van der Waals surface area contributed by atoms with Crippen LogP contribution in [0.25, 0.3) is 0 Å². The third kappa shape index (κ3) is 1.75. The Hall–Kier alpha value is -0.280. The van der Waals surface area contributed by atoms with Crippen LogP contribution < -0.4 is 5.73 Å². The first kappa shape index (κ1) is 11.8. The molecule has 14 heavy (non-hydrogen) atoms. The second kappa shape index (κ2) is 4.07. The lowest BCUT2D eigenvalue weighted by atomic mass is 9.93. The molecule has 1 heterocycles. The van der Waals surface area contributed by atoms with Crippen molar-refractivity contribution >= 4 is 0 Å². The van der Waals surface area contributed by atoms with Gasteiger partial charge in [-0.3, -0.25) is 0 Å². The molecule has 0 bridgehead atoms. The van der Waals surface area contributed by atoms with Crippen LogP contribution in [0.15, 0.2) is 0 Å². The number of nitrogens with two attached hydrogens (primary N) is 1. The van der Waals surface area contributed by atoms with E-state index in [1.807, 2.05) is 0 Å². The zero-order chi connectivity index (χ0) is 10.9. The summed E-state index contributed by atoms with van der Waals surface area (Å²) >= 11 is 0. The van der Waals surface area contributed by atoms with E-state index in [9.17, 15) is 20.4 Å². The lowest BCUT2D eigenvalue weighted by Crippen LogP contribution is -2.67. The molecule has 0 aromatic rings. The molecule has 1 aliphatic heterocycles. The van der Waals surface area contributed by atoms with Gasteiger partial charge in [0.15, 0.2) is 0 Å². The van der Waals surface area contributed by atoms with Crippen LogP contribution in [-0.2, 0) is 4.74 Å². The molecule has 1 aliphatic rings. The number of hydrogen-bond donors (Lipinski definition) is 6. The van der Waals surface area contributed by atoms with E-state index in [2.05, 4.69) is 0 Å². The molecule has 7 heteroatoms. The maximum absolute atomic E-state index is 9.56. The van der Waals surface area contributed by atoms with Crippen LogP contribution in [0.3, 0.4) is 0 Å². The van der Waals surface area contributed by atoms with E-state index in [0.717, 1.165) is 0 Å². The third-order valence-corrected chi connectivity index (χ3v) is 2.34. The molecule has 0 aliphatic carbocycles. The quantitative estimate of drug-likeness (QED) is 0.273. The third-order valence-electron chi connectivity index (χ3n) is 2.34. The molecule has 0 aromatic heterocycles. The highest BCUT2D eigenvalue weighted by atomic mass is 16.7. The van der Waals surface area contributed by atoms with Crippen molar-refractivity contribution < 1.29 is 30.3 Å². The van der Waals surface area contributed by atoms with Crippen LogP contribution >= 0.6 is 0 Å². The number of aliphatic hydroxyl groups excluding tert-OH is 4. The average Bonchev–Trinajstić information content (AvgIpc) is 2.20. The Morgan fingerprint density at radius 1 is 1.21 bits per heavy atom. The molecule has 1 saturated heterocycles. The molecule has 84 valence electrons. The fraction of sp³-hybridized carbons (Fsp3) is 1.00. The molecule has 7 N–H and O–H groups in total. The summed E-state index contributed by atoms with van der Waals surface area (Å²) in [5.41, 5.74) is 5.14. The molecule has 0 saturated carbocycles. The van der Waals surface area contributed by atoms with Crippen LogP contribution in [0.5, 0.6) is 0 Å². The topological polar surface area (TPSA) is 136 Å². The van der Waals surface area contributed by atoms with Crippen molar-refractivity contribution in [3.8, 4) is 0 Å². The van der Waals surface area contributed by atoms with Crippen molar-refractivity contribution in [3.05, 3.63) is 0 Å². The molecule has 5 atom stereocenters. The predicted octanol–water partition coefficient (Wildman–Crippen LogP) is -3.89. The largest absolute Gasteiger partial charge is 0.394 e. The Labute approximate surface area is 80.3 Å². The van der Waals surface area contributed by atoms with Gasteiger partial charge in [0.2, 0.25) is 5.79 Å². The molecule has 0 radical (unpaired) electrons. The molecular weight excluding hydrogens is 194 g/mol. The summed E-state index contributed by atoms with van der Waals surface area (Å²) in [5, 5.41) is 46.3. The second-order valence-corrected chi connectivity index (χ2v) is 3.31. The van der Waals surface area contributed by atoms with Gasteiger partial charge in [0, 0.05) is 6.54 Å². The lowest BCUT2D eigenvalue weighted by molar-refractivity contribution is -0.344. The fourth-order valence-electron chi connectivity index (χ4n) is 1.39. The van der Waals surface area contributed by atoms with Gasteiger partial charge in [-0.05, 0) is 0 Å². The first-order valence-corrected chi connectivity index (χ1v) is 4.21. The molecule has 1 rings (SSSR count). The van der Waals surface area contributed by atoms with E-state index in [4.69, 9.17) is 15.6 Å². The normalized spacial score (nSPS) is 49.3. The van der Waals surface area contributed by atoms with E-state index in [1.54, 1.807) is 0 Å². The van der Waals surface area contributed by atoms with Gasteiger partial charge in [0.1, 0.15) is 24.4 Å². The smallest absolute Gasteiger partial charge is 0.207 e. The Morgan fingerprint density at radius 2 is 1.79 bits per heavy atom. The van der Waals surface area contributed by atoms with Crippen LogP contribution in [0.4, 0.5) is 0 Å². The summed E-state index contributed by atoms with van der Waals surface area (Å²) in [7, 11) is 0. The molecule has 0 spiro atoms. The fourth-order valence-corrected chi connectivity index (χ4v) is 1.39. The summed E-state index contributed by atoms with van der Waals surface area (Å²) in [6.07, 6.45) is -5.93. The zero-order valence-electron chi connectivity index (χ0n) is 7.45. The summed E-state index contributed by atoms with van der Waals surface area (Å²) in [6.45, 7) is -1.04. The molecule has 7 nitrogen and oxygen atoms in total. The number of rotatable bonds is 2. The van der Waals surface area contributed by atoms with Gasteiger partial charge in [0.05, 0.1) is 6.61 Å². The minimum absolute atomic E-state index is 0.450. The first-order valence-electron chi connectivity index (χ1n) is 4.21. The molecule has 1 fully saturated rings. The Balaban J connectivity index is 2.84. The van der Waals surface area contributed by atoms with Crippen molar-refractivity contribution in [2.75, 3.05) is 13.2 Å². The van der Waals surface area contributed by atoms with E-state index in [-0.39, 0.29) is 0 Å². The average molecular weight is 209 g/mol. The first-order chi connectivity index (χ1) is 6.46. The van der Waals surface area contributed by atoms with Gasteiger partial charge in [-0.1, -0.05) is 0 Å². The second-order valence-electron chi connectivity index (χ2n) is 3.31. The van der Waals surface area contributed by atoms with Crippen molar-refractivity contribution in [3.63, 3.8) is 0 Å². The molecular formula is C7H15NO6. The number of hydrogen-bond acceptors (Lipinski definition) is 7. The predicted molar refractivity (Wildman–Crippen MR) is 44.0 cm³/mol. The van der Waals surface area contributed by atoms with Gasteiger partial charge in [0.25, 0.3) is 0 Å². The van der Waals surface area contributed by atoms with Crippen molar-refractivity contribution in [2.45, 2.75) is 30.2 Å². The van der Waals surface area contributed by atoms with Crippen LogP contribution in [0.1, 0.15) is 0 Å². The Kier molecular flexibility index (Phi) is 3.43. The van der Waals surface area contributed by atoms with Gasteiger partial charge in [-0.15, -0.1) is 0 Å². The van der Waals surface area contributed by atoms with E-state index in [1.165, 1.54) is 0 Å². The zero-order valence-corrected chi connectivity index (χ0v) is 7.45. The molecule has 0 amide bonds. The van der Waals surface area contributed by atoms with Crippen LogP contribution in [0, 0.1) is 0 Å². The maximum Gasteiger partial charge on any atom is 0.207 e. The summed E-state index contributed by atoms with van der Waals surface area (Å²) < 4.78 is 4.79. The van der Waals surface area contributed by atoms with Crippen molar-refractivity contribution in [1.29, 1.82) is 0 Å². The van der Waals surface area contributed by atoms with Gasteiger partial charge in [-0.2, -0.15) is 0 Å². The maximum atomic E-state index is 9.56. The summed E-state index contributed by atoms with van der Waals surface area (Å²) in [4.78, 5) is 0. The lowest BCUT2D eigenvalue weighted by Gasteiger charge is -2.44. The Morgan fingerprint density at radius 3 is 2.21 bits per heavy atom. The van der Waals surface area contributed by atoms with Gasteiger partial charge >= 0.3 is 0 Å². The summed E-state index contributed by atoms with van der Waals surface area (Å²) in [6, 6.07) is 0. The number of ether oxygens (including phenoxy) is 1. The van der Waals surface area contributed by atoms with Gasteiger partial charge < -0.3 is 36.0 Å². The van der Waals surface area contributed by atoms with Crippen LogP contribution in [-0.4, -0.2) is 68.9 Å². The van der Waals surface area contributed by atoms with Crippen molar-refractivity contribution in [1.82, 2.24) is 0 Å². The monoisotopic (exact) mass is 209 g/mol. The minimum Gasteiger partial charge on any atom is -0.394 e. The Bertz CT molecular complexity index is 201. The highest BCUT2D eigenvalue weighted by Gasteiger charge is 2.51. The number of aliphatic hydroxyl groups is 5. The minimum atomic E-state index is -2.13. The SMILES string of the molecule is NCC1(O)OC(CO)C(O)C(O)C1O. The molecule has 0 aromatic carbocycles. The summed E-state index contributed by atoms with van der Waals surface area (Å²) in [5.74, 6) is -2.13. The standard InChI is InChI=1S/C7H15NO6/c8-2-7(13)6(12)5(11)4(10)3(1-9)14-7/h3-6,9-13H,1-2,8H2. The van der Waals surface area contributed by atoms with Gasteiger partial charge in [-0.25, -0.2) is 0 Å². The molecule has 5 unspecified atom stereocenters.